The summed E-state index contributed by atoms with van der Waals surface area (Å²) in [5.41, 5.74) is 1.00. The smallest absolute Gasteiger partial charge is 0.250 e. The van der Waals surface area contributed by atoms with Gasteiger partial charge >= 0.3 is 0 Å². The highest BCUT2D eigenvalue weighted by Gasteiger charge is 2.16. The maximum Gasteiger partial charge on any atom is 0.250 e. The van der Waals surface area contributed by atoms with E-state index in [1.54, 1.807) is 13.2 Å². The van der Waals surface area contributed by atoms with Crippen molar-refractivity contribution in [2.45, 2.75) is 43.5 Å². The number of thiophene rings is 1. The Morgan fingerprint density at radius 3 is 2.75 bits per heavy atom. The lowest BCUT2D eigenvalue weighted by molar-refractivity contribution is 0.193. The van der Waals surface area contributed by atoms with Crippen molar-refractivity contribution in [3.63, 3.8) is 0 Å². The third-order valence-corrected chi connectivity index (χ3v) is 5.63. The maximum atomic E-state index is 12.1. The SMILES string of the molecule is COCCCCNS(=O)(=O)c1cc(CNC(C)C)cs1. The standard InChI is InChI=1S/C13H24N2O3S2/c1-11(2)14-9-12-8-13(19-10-12)20(16,17)15-6-4-5-7-18-3/h8,10-11,14-15H,4-7,9H2,1-3H3. The molecule has 0 spiro atoms. The van der Waals surface area contributed by atoms with E-state index >= 15 is 0 Å². The molecule has 7 heteroatoms. The predicted molar refractivity (Wildman–Crippen MR) is 82.6 cm³/mol. The zero-order valence-electron chi connectivity index (χ0n) is 12.3. The van der Waals surface area contributed by atoms with Gasteiger partial charge in [0.25, 0.3) is 0 Å². The Hall–Kier alpha value is -0.470. The van der Waals surface area contributed by atoms with E-state index in [1.165, 1.54) is 11.3 Å². The molecule has 0 aliphatic carbocycles. The maximum absolute atomic E-state index is 12.1. The van der Waals surface area contributed by atoms with Gasteiger partial charge in [-0.3, -0.25) is 0 Å². The lowest BCUT2D eigenvalue weighted by Gasteiger charge is -2.06. The van der Waals surface area contributed by atoms with Crippen molar-refractivity contribution in [3.8, 4) is 0 Å². The molecule has 0 saturated carbocycles. The van der Waals surface area contributed by atoms with E-state index in [1.807, 2.05) is 5.38 Å². The molecule has 20 heavy (non-hydrogen) atoms. The Bertz CT molecular complexity index is 484. The van der Waals surface area contributed by atoms with Crippen LogP contribution in [0.4, 0.5) is 0 Å². The number of ether oxygens (including phenoxy) is 1. The lowest BCUT2D eigenvalue weighted by Crippen LogP contribution is -2.24. The first-order valence-electron chi connectivity index (χ1n) is 6.75. The molecule has 1 aromatic heterocycles. The van der Waals surface area contributed by atoms with Crippen LogP contribution in [0, 0.1) is 0 Å². The first kappa shape index (κ1) is 17.6. The van der Waals surface area contributed by atoms with Crippen molar-refractivity contribution < 1.29 is 13.2 Å². The van der Waals surface area contributed by atoms with Crippen LogP contribution in [-0.4, -0.2) is 34.7 Å². The van der Waals surface area contributed by atoms with Gasteiger partial charge in [-0.2, -0.15) is 0 Å². The van der Waals surface area contributed by atoms with Crippen LogP contribution in [-0.2, 0) is 21.3 Å². The quantitative estimate of drug-likeness (QED) is 0.647. The van der Waals surface area contributed by atoms with Crippen molar-refractivity contribution in [3.05, 3.63) is 17.0 Å². The summed E-state index contributed by atoms with van der Waals surface area (Å²) in [5, 5.41) is 5.15. The fourth-order valence-corrected chi connectivity index (χ4v) is 3.89. The molecule has 0 aliphatic rings. The zero-order valence-corrected chi connectivity index (χ0v) is 13.9. The molecular formula is C13H24N2O3S2. The average Bonchev–Trinajstić information content (AvgIpc) is 2.85. The van der Waals surface area contributed by atoms with Gasteiger partial charge in [0.1, 0.15) is 4.21 Å². The van der Waals surface area contributed by atoms with Gasteiger partial charge in [0.2, 0.25) is 10.0 Å². The molecule has 1 heterocycles. The molecule has 0 unspecified atom stereocenters. The minimum atomic E-state index is -3.37. The molecule has 2 N–H and O–H groups in total. The molecular weight excluding hydrogens is 296 g/mol. The van der Waals surface area contributed by atoms with Crippen molar-refractivity contribution in [1.29, 1.82) is 0 Å². The summed E-state index contributed by atoms with van der Waals surface area (Å²) in [7, 11) is -1.72. The van der Waals surface area contributed by atoms with Crippen LogP contribution in [0.2, 0.25) is 0 Å². The Balaban J connectivity index is 2.46. The van der Waals surface area contributed by atoms with Gasteiger partial charge in [-0.15, -0.1) is 11.3 Å². The molecule has 0 atom stereocenters. The van der Waals surface area contributed by atoms with E-state index in [9.17, 15) is 8.42 Å². The van der Waals surface area contributed by atoms with Crippen LogP contribution in [0.25, 0.3) is 0 Å². The summed E-state index contributed by atoms with van der Waals surface area (Å²) in [6.45, 7) is 5.92. The Morgan fingerprint density at radius 1 is 1.35 bits per heavy atom. The predicted octanol–water partition coefficient (Wildman–Crippen LogP) is 1.95. The monoisotopic (exact) mass is 320 g/mol. The third-order valence-electron chi connectivity index (χ3n) is 2.68. The van der Waals surface area contributed by atoms with Crippen molar-refractivity contribution in [2.24, 2.45) is 0 Å². The Kier molecular flexibility index (Phi) is 7.68. The molecule has 0 aromatic carbocycles. The molecule has 1 aromatic rings. The van der Waals surface area contributed by atoms with Crippen molar-refractivity contribution in [2.75, 3.05) is 20.3 Å². The van der Waals surface area contributed by atoms with Gasteiger partial charge in [0.05, 0.1) is 0 Å². The highest BCUT2D eigenvalue weighted by molar-refractivity contribution is 7.91. The summed E-state index contributed by atoms with van der Waals surface area (Å²) in [5.74, 6) is 0. The number of unbranched alkanes of at least 4 members (excludes halogenated alkanes) is 1. The van der Waals surface area contributed by atoms with Gasteiger partial charge in [-0.25, -0.2) is 13.1 Å². The number of hydrogen-bond acceptors (Lipinski definition) is 5. The first-order valence-corrected chi connectivity index (χ1v) is 9.11. The summed E-state index contributed by atoms with van der Waals surface area (Å²) in [6.07, 6.45) is 1.63. The third kappa shape index (κ3) is 6.32. The van der Waals surface area contributed by atoms with Crippen LogP contribution < -0.4 is 10.0 Å². The van der Waals surface area contributed by atoms with Gasteiger partial charge in [-0.05, 0) is 29.9 Å². The second-order valence-corrected chi connectivity index (χ2v) is 7.81. The number of rotatable bonds is 10. The van der Waals surface area contributed by atoms with Gasteiger partial charge in [0, 0.05) is 32.8 Å². The van der Waals surface area contributed by atoms with Gasteiger partial charge < -0.3 is 10.1 Å². The average molecular weight is 320 g/mol. The van der Waals surface area contributed by atoms with Crippen LogP contribution in [0.1, 0.15) is 32.3 Å². The Labute approximate surface area is 125 Å². The zero-order chi connectivity index (χ0) is 15.0. The van der Waals surface area contributed by atoms with Crippen LogP contribution in [0.5, 0.6) is 0 Å². The fraction of sp³-hybridized carbons (Fsp3) is 0.692. The second-order valence-electron chi connectivity index (χ2n) is 4.91. The molecule has 5 nitrogen and oxygen atoms in total. The molecule has 0 bridgehead atoms. The molecule has 116 valence electrons. The normalized spacial score (nSPS) is 12.2. The van der Waals surface area contributed by atoms with Crippen LogP contribution >= 0.6 is 11.3 Å². The number of nitrogens with one attached hydrogen (secondary N) is 2. The van der Waals surface area contributed by atoms with E-state index < -0.39 is 10.0 Å². The van der Waals surface area contributed by atoms with Crippen molar-refractivity contribution in [1.82, 2.24) is 10.0 Å². The molecule has 0 amide bonds. The van der Waals surface area contributed by atoms with E-state index in [4.69, 9.17) is 4.74 Å². The first-order chi connectivity index (χ1) is 9.45. The van der Waals surface area contributed by atoms with Crippen LogP contribution in [0.3, 0.4) is 0 Å². The fourth-order valence-electron chi connectivity index (χ4n) is 1.56. The summed E-state index contributed by atoms with van der Waals surface area (Å²) < 4.78 is 32.1. The minimum absolute atomic E-state index is 0.379. The van der Waals surface area contributed by atoms with Crippen molar-refractivity contribution >= 4 is 21.4 Å². The lowest BCUT2D eigenvalue weighted by atomic mass is 10.3. The summed E-state index contributed by atoms with van der Waals surface area (Å²) in [4.78, 5) is 0. The highest BCUT2D eigenvalue weighted by atomic mass is 32.2. The van der Waals surface area contributed by atoms with E-state index in [0.717, 1.165) is 18.4 Å². The van der Waals surface area contributed by atoms with E-state index in [2.05, 4.69) is 23.9 Å². The summed E-state index contributed by atoms with van der Waals surface area (Å²) >= 11 is 1.26. The second kappa shape index (κ2) is 8.74. The van der Waals surface area contributed by atoms with Crippen LogP contribution in [0.15, 0.2) is 15.7 Å². The number of methoxy groups -OCH3 is 1. The molecule has 0 aliphatic heterocycles. The van der Waals surface area contributed by atoms with E-state index in [-0.39, 0.29) is 0 Å². The topological polar surface area (TPSA) is 67.4 Å². The number of hydrogen-bond donors (Lipinski definition) is 2. The molecule has 0 fully saturated rings. The van der Waals surface area contributed by atoms with Gasteiger partial charge in [-0.1, -0.05) is 13.8 Å². The van der Waals surface area contributed by atoms with E-state index in [0.29, 0.717) is 29.9 Å². The van der Waals surface area contributed by atoms with Gasteiger partial charge in [0.15, 0.2) is 0 Å². The Morgan fingerprint density at radius 2 is 2.10 bits per heavy atom. The molecule has 0 saturated heterocycles. The summed E-state index contributed by atoms with van der Waals surface area (Å²) in [6, 6.07) is 2.12. The largest absolute Gasteiger partial charge is 0.385 e. The number of sulfonamides is 1. The molecule has 1 rings (SSSR count). The minimum Gasteiger partial charge on any atom is -0.385 e. The highest BCUT2D eigenvalue weighted by Crippen LogP contribution is 2.20. The molecule has 0 radical (unpaired) electrons.